The first kappa shape index (κ1) is 13.4. The Morgan fingerprint density at radius 3 is 2.93 bits per heavy atom. The molecule has 0 saturated heterocycles. The predicted molar refractivity (Wildman–Crippen MR) is 61.7 cm³/mol. The van der Waals surface area contributed by atoms with E-state index >= 15 is 0 Å². The Balaban J connectivity index is 0.00000169. The number of carbonyl (C=O) groups is 1. The number of nitrogens with two attached hydrogens (primary N) is 1. The van der Waals surface area contributed by atoms with Crippen molar-refractivity contribution in [1.82, 2.24) is 5.32 Å². The van der Waals surface area contributed by atoms with Crippen LogP contribution < -0.4 is 11.1 Å². The SMILES string of the molecule is CCC(N)C(=O)NCc1cccs1.Cl. The Morgan fingerprint density at radius 2 is 2.43 bits per heavy atom. The van der Waals surface area contributed by atoms with Crippen LogP contribution in [0.2, 0.25) is 0 Å². The van der Waals surface area contributed by atoms with Gasteiger partial charge in [-0.15, -0.1) is 23.7 Å². The molecule has 0 aromatic carbocycles. The molecular weight excluding hydrogens is 220 g/mol. The second-order valence-electron chi connectivity index (χ2n) is 2.81. The summed E-state index contributed by atoms with van der Waals surface area (Å²) in [7, 11) is 0. The predicted octanol–water partition coefficient (Wildman–Crippen LogP) is 1.52. The lowest BCUT2D eigenvalue weighted by Crippen LogP contribution is -2.39. The zero-order valence-electron chi connectivity index (χ0n) is 8.03. The van der Waals surface area contributed by atoms with Crippen molar-refractivity contribution in [3.63, 3.8) is 0 Å². The molecule has 0 fully saturated rings. The van der Waals surface area contributed by atoms with E-state index in [4.69, 9.17) is 5.73 Å². The minimum absolute atomic E-state index is 0. The van der Waals surface area contributed by atoms with Gasteiger partial charge in [-0.05, 0) is 17.9 Å². The number of hydrogen-bond donors (Lipinski definition) is 2. The third-order valence-corrected chi connectivity index (χ3v) is 2.67. The third kappa shape index (κ3) is 4.09. The van der Waals surface area contributed by atoms with E-state index in [0.717, 1.165) is 4.88 Å². The lowest BCUT2D eigenvalue weighted by Gasteiger charge is -2.08. The van der Waals surface area contributed by atoms with E-state index in [1.54, 1.807) is 11.3 Å². The minimum Gasteiger partial charge on any atom is -0.350 e. The van der Waals surface area contributed by atoms with E-state index in [-0.39, 0.29) is 24.4 Å². The van der Waals surface area contributed by atoms with Crippen LogP contribution in [0.5, 0.6) is 0 Å². The molecule has 3 nitrogen and oxygen atoms in total. The number of thiophene rings is 1. The first-order chi connectivity index (χ1) is 6.24. The molecule has 1 heterocycles. The van der Waals surface area contributed by atoms with Crippen LogP contribution in [0.25, 0.3) is 0 Å². The molecule has 1 atom stereocenters. The standard InChI is InChI=1S/C9H14N2OS.ClH/c1-2-8(10)9(12)11-6-7-4-3-5-13-7;/h3-5,8H,2,6,10H2,1H3,(H,11,12);1H. The van der Waals surface area contributed by atoms with Crippen molar-refractivity contribution in [2.24, 2.45) is 5.73 Å². The van der Waals surface area contributed by atoms with Crippen LogP contribution in [0.4, 0.5) is 0 Å². The highest BCUT2D eigenvalue weighted by molar-refractivity contribution is 7.09. The third-order valence-electron chi connectivity index (χ3n) is 1.79. The highest BCUT2D eigenvalue weighted by atomic mass is 35.5. The van der Waals surface area contributed by atoms with E-state index in [2.05, 4.69) is 5.32 Å². The van der Waals surface area contributed by atoms with Crippen molar-refractivity contribution in [3.05, 3.63) is 22.4 Å². The largest absolute Gasteiger partial charge is 0.350 e. The maximum Gasteiger partial charge on any atom is 0.237 e. The van der Waals surface area contributed by atoms with Gasteiger partial charge in [-0.25, -0.2) is 0 Å². The smallest absolute Gasteiger partial charge is 0.237 e. The molecule has 1 aromatic rings. The van der Waals surface area contributed by atoms with Gasteiger partial charge in [-0.3, -0.25) is 4.79 Å². The summed E-state index contributed by atoms with van der Waals surface area (Å²) in [6, 6.07) is 3.58. The Bertz CT molecular complexity index is 264. The summed E-state index contributed by atoms with van der Waals surface area (Å²) in [5, 5.41) is 4.77. The lowest BCUT2D eigenvalue weighted by molar-refractivity contribution is -0.122. The van der Waals surface area contributed by atoms with E-state index in [1.165, 1.54) is 0 Å². The zero-order chi connectivity index (χ0) is 9.68. The number of rotatable bonds is 4. The van der Waals surface area contributed by atoms with Crippen LogP contribution in [0.1, 0.15) is 18.2 Å². The highest BCUT2D eigenvalue weighted by Crippen LogP contribution is 2.07. The maximum absolute atomic E-state index is 11.2. The molecule has 1 aromatic heterocycles. The van der Waals surface area contributed by atoms with E-state index in [9.17, 15) is 4.79 Å². The minimum atomic E-state index is -0.375. The van der Waals surface area contributed by atoms with E-state index in [0.29, 0.717) is 13.0 Å². The Labute approximate surface area is 94.1 Å². The van der Waals surface area contributed by atoms with Gasteiger partial charge in [-0.1, -0.05) is 13.0 Å². The van der Waals surface area contributed by atoms with Crippen molar-refractivity contribution in [1.29, 1.82) is 0 Å². The number of carbonyl (C=O) groups excluding carboxylic acids is 1. The van der Waals surface area contributed by atoms with Crippen LogP contribution in [0.3, 0.4) is 0 Å². The molecule has 0 aliphatic carbocycles. The summed E-state index contributed by atoms with van der Waals surface area (Å²) in [6.45, 7) is 2.49. The molecule has 0 aliphatic rings. The topological polar surface area (TPSA) is 55.1 Å². The van der Waals surface area contributed by atoms with Crippen LogP contribution in [0, 0.1) is 0 Å². The van der Waals surface area contributed by atoms with Crippen molar-refractivity contribution < 1.29 is 4.79 Å². The van der Waals surface area contributed by atoms with Crippen LogP contribution in [-0.4, -0.2) is 11.9 Å². The Kier molecular flexibility index (Phi) is 6.53. The number of nitrogens with one attached hydrogen (secondary N) is 1. The van der Waals surface area contributed by atoms with Gasteiger partial charge < -0.3 is 11.1 Å². The molecule has 0 saturated carbocycles. The Hall–Kier alpha value is -0.580. The second-order valence-corrected chi connectivity index (χ2v) is 3.84. The van der Waals surface area contributed by atoms with Crippen LogP contribution >= 0.6 is 23.7 Å². The summed E-state index contributed by atoms with van der Waals surface area (Å²) < 4.78 is 0. The maximum atomic E-state index is 11.2. The molecular formula is C9H15ClN2OS. The average molecular weight is 235 g/mol. The van der Waals surface area contributed by atoms with Crippen molar-refractivity contribution >= 4 is 29.7 Å². The quantitative estimate of drug-likeness (QED) is 0.830. The van der Waals surface area contributed by atoms with E-state index in [1.807, 2.05) is 24.4 Å². The van der Waals surface area contributed by atoms with Gasteiger partial charge in [0, 0.05) is 4.88 Å². The number of hydrogen-bond acceptors (Lipinski definition) is 3. The van der Waals surface area contributed by atoms with Gasteiger partial charge in [0.1, 0.15) is 0 Å². The summed E-state index contributed by atoms with van der Waals surface area (Å²) in [5.41, 5.74) is 5.55. The Morgan fingerprint density at radius 1 is 1.71 bits per heavy atom. The fourth-order valence-corrected chi connectivity index (χ4v) is 1.55. The molecule has 14 heavy (non-hydrogen) atoms. The van der Waals surface area contributed by atoms with Gasteiger partial charge >= 0.3 is 0 Å². The molecule has 1 unspecified atom stereocenters. The average Bonchev–Trinajstić information content (AvgIpc) is 2.65. The molecule has 0 bridgehead atoms. The fourth-order valence-electron chi connectivity index (χ4n) is 0.904. The van der Waals surface area contributed by atoms with Crippen LogP contribution in [0.15, 0.2) is 17.5 Å². The molecule has 80 valence electrons. The molecule has 3 N–H and O–H groups in total. The van der Waals surface area contributed by atoms with Gasteiger partial charge in [0.05, 0.1) is 12.6 Å². The summed E-state index contributed by atoms with van der Waals surface area (Å²) in [6.07, 6.45) is 0.677. The lowest BCUT2D eigenvalue weighted by atomic mass is 10.2. The second kappa shape index (κ2) is 6.81. The first-order valence-corrected chi connectivity index (χ1v) is 5.17. The molecule has 1 rings (SSSR count). The fraction of sp³-hybridized carbons (Fsp3) is 0.444. The van der Waals surface area contributed by atoms with Crippen molar-refractivity contribution in [3.8, 4) is 0 Å². The molecule has 0 radical (unpaired) electrons. The molecule has 5 heteroatoms. The van der Waals surface area contributed by atoms with Crippen molar-refractivity contribution in [2.45, 2.75) is 25.9 Å². The van der Waals surface area contributed by atoms with Gasteiger partial charge in [0.2, 0.25) is 5.91 Å². The summed E-state index contributed by atoms with van der Waals surface area (Å²) in [4.78, 5) is 12.4. The highest BCUT2D eigenvalue weighted by Gasteiger charge is 2.09. The summed E-state index contributed by atoms with van der Waals surface area (Å²) >= 11 is 1.63. The normalized spacial score (nSPS) is 11.6. The number of halogens is 1. The first-order valence-electron chi connectivity index (χ1n) is 4.29. The van der Waals surface area contributed by atoms with Crippen molar-refractivity contribution in [2.75, 3.05) is 0 Å². The van der Waals surface area contributed by atoms with Gasteiger partial charge in [-0.2, -0.15) is 0 Å². The van der Waals surface area contributed by atoms with E-state index < -0.39 is 0 Å². The molecule has 0 aliphatic heterocycles. The summed E-state index contributed by atoms with van der Waals surface area (Å²) in [5.74, 6) is -0.0732. The zero-order valence-corrected chi connectivity index (χ0v) is 9.66. The van der Waals surface area contributed by atoms with Crippen LogP contribution in [-0.2, 0) is 11.3 Å². The molecule has 0 spiro atoms. The van der Waals surface area contributed by atoms with Gasteiger partial charge in [0.15, 0.2) is 0 Å². The molecule has 1 amide bonds. The van der Waals surface area contributed by atoms with Gasteiger partial charge in [0.25, 0.3) is 0 Å². The monoisotopic (exact) mass is 234 g/mol. The number of amides is 1.